The van der Waals surface area contributed by atoms with Gasteiger partial charge in [0, 0.05) is 30.3 Å². The van der Waals surface area contributed by atoms with Crippen LogP contribution >= 0.6 is 0 Å². The average molecular weight is 266 g/mol. The predicted octanol–water partition coefficient (Wildman–Crippen LogP) is 1.65. The Balaban J connectivity index is 2.86. The highest BCUT2D eigenvalue weighted by atomic mass is 16.6. The number of carbonyl (C=O) groups is 1. The van der Waals surface area contributed by atoms with Crippen LogP contribution in [-0.2, 0) is 0 Å². The molecule has 6 nitrogen and oxygen atoms in total. The predicted molar refractivity (Wildman–Crippen MR) is 71.0 cm³/mol. The maximum atomic E-state index is 12.0. The summed E-state index contributed by atoms with van der Waals surface area (Å²) in [5, 5.41) is 22.4. The SMILES string of the molecule is Cc1cc([N+](=O)[O-])ccc1C(=O)NC(C)C(C)CO. The second-order valence-corrected chi connectivity index (χ2v) is 4.68. The summed E-state index contributed by atoms with van der Waals surface area (Å²) in [5.74, 6) is -0.345. The van der Waals surface area contributed by atoms with Gasteiger partial charge in [-0.05, 0) is 31.4 Å². The second kappa shape index (κ2) is 6.29. The first-order valence-corrected chi connectivity index (χ1v) is 6.03. The molecule has 0 saturated carbocycles. The van der Waals surface area contributed by atoms with E-state index < -0.39 is 4.92 Å². The van der Waals surface area contributed by atoms with E-state index in [1.54, 1.807) is 13.8 Å². The minimum atomic E-state index is -0.495. The molecular formula is C13H18N2O4. The van der Waals surface area contributed by atoms with Crippen molar-refractivity contribution >= 4 is 11.6 Å². The number of hydrogen-bond donors (Lipinski definition) is 2. The number of carbonyl (C=O) groups excluding carboxylic acids is 1. The van der Waals surface area contributed by atoms with Crippen molar-refractivity contribution in [3.63, 3.8) is 0 Å². The maximum absolute atomic E-state index is 12.0. The van der Waals surface area contributed by atoms with E-state index in [1.165, 1.54) is 18.2 Å². The third-order valence-corrected chi connectivity index (χ3v) is 3.17. The van der Waals surface area contributed by atoms with Crippen LogP contribution in [0.1, 0.15) is 29.8 Å². The first-order valence-electron chi connectivity index (χ1n) is 6.03. The molecular weight excluding hydrogens is 248 g/mol. The highest BCUT2D eigenvalue weighted by Gasteiger charge is 2.17. The summed E-state index contributed by atoms with van der Waals surface area (Å²) in [5.41, 5.74) is 0.920. The summed E-state index contributed by atoms with van der Waals surface area (Å²) in [6, 6.07) is 3.95. The summed E-state index contributed by atoms with van der Waals surface area (Å²) in [6.45, 7) is 5.27. The van der Waals surface area contributed by atoms with Crippen molar-refractivity contribution in [2.75, 3.05) is 6.61 Å². The van der Waals surface area contributed by atoms with E-state index in [9.17, 15) is 14.9 Å². The Kier molecular flexibility index (Phi) is 5.00. The number of benzene rings is 1. The molecule has 0 radical (unpaired) electrons. The zero-order valence-electron chi connectivity index (χ0n) is 11.2. The minimum Gasteiger partial charge on any atom is -0.396 e. The molecule has 2 atom stereocenters. The molecule has 0 aliphatic rings. The van der Waals surface area contributed by atoms with Gasteiger partial charge in [-0.3, -0.25) is 14.9 Å². The normalized spacial score (nSPS) is 13.7. The number of aliphatic hydroxyl groups excluding tert-OH is 1. The Bertz CT molecular complexity index is 488. The summed E-state index contributed by atoms with van der Waals surface area (Å²) in [4.78, 5) is 22.1. The third kappa shape index (κ3) is 3.75. The van der Waals surface area contributed by atoms with Crippen molar-refractivity contribution in [1.29, 1.82) is 0 Å². The monoisotopic (exact) mass is 266 g/mol. The number of nitro benzene ring substituents is 1. The van der Waals surface area contributed by atoms with Gasteiger partial charge in [0.25, 0.3) is 11.6 Å². The highest BCUT2D eigenvalue weighted by Crippen LogP contribution is 2.17. The van der Waals surface area contributed by atoms with E-state index in [0.29, 0.717) is 11.1 Å². The lowest BCUT2D eigenvalue weighted by molar-refractivity contribution is -0.384. The Morgan fingerprint density at radius 1 is 1.47 bits per heavy atom. The average Bonchev–Trinajstić information content (AvgIpc) is 2.37. The Morgan fingerprint density at radius 2 is 2.11 bits per heavy atom. The van der Waals surface area contributed by atoms with Gasteiger partial charge in [0.05, 0.1) is 4.92 Å². The molecule has 104 valence electrons. The van der Waals surface area contributed by atoms with Crippen LogP contribution in [0, 0.1) is 23.0 Å². The van der Waals surface area contributed by atoms with Gasteiger partial charge in [-0.1, -0.05) is 6.92 Å². The van der Waals surface area contributed by atoms with Gasteiger partial charge >= 0.3 is 0 Å². The van der Waals surface area contributed by atoms with Gasteiger partial charge in [-0.25, -0.2) is 0 Å². The van der Waals surface area contributed by atoms with Crippen LogP contribution < -0.4 is 5.32 Å². The molecule has 0 aromatic heterocycles. The smallest absolute Gasteiger partial charge is 0.269 e. The fourth-order valence-electron chi connectivity index (χ4n) is 1.60. The molecule has 0 fully saturated rings. The molecule has 0 aliphatic carbocycles. The maximum Gasteiger partial charge on any atom is 0.269 e. The van der Waals surface area contributed by atoms with Crippen LogP contribution in [0.4, 0.5) is 5.69 Å². The Morgan fingerprint density at radius 3 is 2.58 bits per heavy atom. The second-order valence-electron chi connectivity index (χ2n) is 4.68. The van der Waals surface area contributed by atoms with Crippen molar-refractivity contribution in [2.24, 2.45) is 5.92 Å². The molecule has 0 spiro atoms. The van der Waals surface area contributed by atoms with Crippen molar-refractivity contribution in [2.45, 2.75) is 26.8 Å². The molecule has 1 amide bonds. The van der Waals surface area contributed by atoms with Gasteiger partial charge in [-0.2, -0.15) is 0 Å². The third-order valence-electron chi connectivity index (χ3n) is 3.17. The number of amides is 1. The Labute approximate surface area is 111 Å². The summed E-state index contributed by atoms with van der Waals surface area (Å²) >= 11 is 0. The van der Waals surface area contributed by atoms with Crippen LogP contribution in [0.2, 0.25) is 0 Å². The lowest BCUT2D eigenvalue weighted by Crippen LogP contribution is -2.38. The van der Waals surface area contributed by atoms with E-state index >= 15 is 0 Å². The minimum absolute atomic E-state index is 0.0132. The fraction of sp³-hybridized carbons (Fsp3) is 0.462. The molecule has 6 heteroatoms. The molecule has 0 aliphatic heterocycles. The highest BCUT2D eigenvalue weighted by molar-refractivity contribution is 5.96. The largest absolute Gasteiger partial charge is 0.396 e. The van der Waals surface area contributed by atoms with Crippen molar-refractivity contribution < 1.29 is 14.8 Å². The number of aryl methyl sites for hydroxylation is 1. The molecule has 0 saturated heterocycles. The van der Waals surface area contributed by atoms with Crippen LogP contribution in [0.15, 0.2) is 18.2 Å². The standard InChI is InChI=1S/C13H18N2O4/c1-8-6-11(15(18)19)4-5-12(8)13(17)14-10(3)9(2)7-16/h4-6,9-10,16H,7H2,1-3H3,(H,14,17). The lowest BCUT2D eigenvalue weighted by Gasteiger charge is -2.19. The van der Waals surface area contributed by atoms with Crippen LogP contribution in [0.5, 0.6) is 0 Å². The van der Waals surface area contributed by atoms with Gasteiger partial charge in [-0.15, -0.1) is 0 Å². The number of non-ortho nitro benzene ring substituents is 1. The van der Waals surface area contributed by atoms with Crippen molar-refractivity contribution in [3.8, 4) is 0 Å². The summed E-state index contributed by atoms with van der Waals surface area (Å²) in [6.07, 6.45) is 0. The number of hydrogen-bond acceptors (Lipinski definition) is 4. The topological polar surface area (TPSA) is 92.5 Å². The van der Waals surface area contributed by atoms with Gasteiger partial charge in [0.1, 0.15) is 0 Å². The first kappa shape index (κ1) is 15.1. The zero-order valence-corrected chi connectivity index (χ0v) is 11.2. The molecule has 0 heterocycles. The molecule has 0 bridgehead atoms. The van der Waals surface area contributed by atoms with E-state index in [0.717, 1.165) is 0 Å². The van der Waals surface area contributed by atoms with E-state index in [1.807, 2.05) is 6.92 Å². The van der Waals surface area contributed by atoms with Gasteiger partial charge < -0.3 is 10.4 Å². The van der Waals surface area contributed by atoms with Crippen molar-refractivity contribution in [1.82, 2.24) is 5.32 Å². The molecule has 2 N–H and O–H groups in total. The first-order chi connectivity index (χ1) is 8.86. The summed E-state index contributed by atoms with van der Waals surface area (Å²) < 4.78 is 0. The van der Waals surface area contributed by atoms with Crippen LogP contribution in [-0.4, -0.2) is 28.6 Å². The van der Waals surface area contributed by atoms with Crippen LogP contribution in [0.3, 0.4) is 0 Å². The molecule has 1 aromatic carbocycles. The van der Waals surface area contributed by atoms with Crippen LogP contribution in [0.25, 0.3) is 0 Å². The van der Waals surface area contributed by atoms with E-state index in [2.05, 4.69) is 5.32 Å². The molecule has 1 aromatic rings. The number of nitro groups is 1. The van der Waals surface area contributed by atoms with Crippen molar-refractivity contribution in [3.05, 3.63) is 39.4 Å². The fourth-order valence-corrected chi connectivity index (χ4v) is 1.60. The summed E-state index contributed by atoms with van der Waals surface area (Å²) in [7, 11) is 0. The molecule has 1 rings (SSSR count). The number of aliphatic hydroxyl groups is 1. The van der Waals surface area contributed by atoms with Gasteiger partial charge in [0.2, 0.25) is 0 Å². The van der Waals surface area contributed by atoms with E-state index in [-0.39, 0.29) is 30.2 Å². The quantitative estimate of drug-likeness (QED) is 0.626. The Hall–Kier alpha value is -1.95. The number of nitrogens with one attached hydrogen (secondary N) is 1. The molecule has 2 unspecified atom stereocenters. The number of nitrogens with zero attached hydrogens (tertiary/aromatic N) is 1. The van der Waals surface area contributed by atoms with Gasteiger partial charge in [0.15, 0.2) is 0 Å². The molecule has 19 heavy (non-hydrogen) atoms. The zero-order chi connectivity index (χ0) is 14.6. The lowest BCUT2D eigenvalue weighted by atomic mass is 10.0. The number of rotatable bonds is 5. The van der Waals surface area contributed by atoms with E-state index in [4.69, 9.17) is 5.11 Å².